The summed E-state index contributed by atoms with van der Waals surface area (Å²) < 4.78 is 6.59. The molecule has 1 atom stereocenters. The van der Waals surface area contributed by atoms with Gasteiger partial charge in [0.25, 0.3) is 17.7 Å². The maximum atomic E-state index is 12.6. The molecule has 2 aromatic carbocycles. The molecule has 0 saturated heterocycles. The number of benzene rings is 2. The first-order valence-corrected chi connectivity index (χ1v) is 9.96. The Labute approximate surface area is 185 Å². The van der Waals surface area contributed by atoms with Crippen molar-refractivity contribution in [2.45, 2.75) is 12.5 Å². The van der Waals surface area contributed by atoms with Crippen LogP contribution in [0.5, 0.6) is 0 Å². The SMILES string of the molecule is Cn1cccc1C(=O)NC(=O)COC(=O)CC(NC(=O)c1ccccc1)c1ccccc1. The van der Waals surface area contributed by atoms with Crippen molar-refractivity contribution in [3.05, 3.63) is 95.8 Å². The minimum atomic E-state index is -0.742. The zero-order valence-electron chi connectivity index (χ0n) is 17.5. The predicted molar refractivity (Wildman–Crippen MR) is 117 cm³/mol. The van der Waals surface area contributed by atoms with Gasteiger partial charge in [-0.15, -0.1) is 0 Å². The number of carbonyl (C=O) groups is 4. The van der Waals surface area contributed by atoms with E-state index in [2.05, 4.69) is 10.6 Å². The lowest BCUT2D eigenvalue weighted by molar-refractivity contribution is -0.148. The van der Waals surface area contributed by atoms with Crippen molar-refractivity contribution in [3.63, 3.8) is 0 Å². The number of hydrogen-bond acceptors (Lipinski definition) is 5. The molecule has 0 radical (unpaired) electrons. The summed E-state index contributed by atoms with van der Waals surface area (Å²) in [6.45, 7) is -0.608. The zero-order chi connectivity index (χ0) is 22.9. The molecule has 0 fully saturated rings. The van der Waals surface area contributed by atoms with Gasteiger partial charge in [0, 0.05) is 18.8 Å². The Hall–Kier alpha value is -4.20. The van der Waals surface area contributed by atoms with Gasteiger partial charge >= 0.3 is 5.97 Å². The first-order valence-electron chi connectivity index (χ1n) is 9.96. The maximum absolute atomic E-state index is 12.6. The van der Waals surface area contributed by atoms with Crippen LogP contribution in [-0.2, 0) is 21.4 Å². The van der Waals surface area contributed by atoms with Crippen molar-refractivity contribution in [1.82, 2.24) is 15.2 Å². The summed E-state index contributed by atoms with van der Waals surface area (Å²) in [7, 11) is 1.67. The summed E-state index contributed by atoms with van der Waals surface area (Å²) in [4.78, 5) is 49.0. The van der Waals surface area contributed by atoms with E-state index in [9.17, 15) is 19.2 Å². The third-order valence-corrected chi connectivity index (χ3v) is 4.71. The van der Waals surface area contributed by atoms with Gasteiger partial charge < -0.3 is 14.6 Å². The number of aryl methyl sites for hydroxylation is 1. The third kappa shape index (κ3) is 6.15. The van der Waals surface area contributed by atoms with E-state index < -0.39 is 30.4 Å². The molecule has 0 spiro atoms. The number of nitrogens with zero attached hydrogens (tertiary/aromatic N) is 1. The standard InChI is InChI=1S/C24H23N3O5/c1-27-14-8-13-20(27)24(31)26-21(28)16-32-22(29)15-19(17-9-4-2-5-10-17)25-23(30)18-11-6-3-7-12-18/h2-14,19H,15-16H2,1H3,(H,25,30)(H,26,28,31). The lowest BCUT2D eigenvalue weighted by atomic mass is 10.0. The van der Waals surface area contributed by atoms with Gasteiger partial charge in [0.2, 0.25) is 0 Å². The highest BCUT2D eigenvalue weighted by Gasteiger charge is 2.21. The van der Waals surface area contributed by atoms with Crippen LogP contribution in [0, 0.1) is 0 Å². The van der Waals surface area contributed by atoms with Gasteiger partial charge in [-0.05, 0) is 29.8 Å². The lowest BCUT2D eigenvalue weighted by Crippen LogP contribution is -2.35. The molecular formula is C24H23N3O5. The molecule has 1 heterocycles. The number of aromatic nitrogens is 1. The Bertz CT molecular complexity index is 1090. The minimum Gasteiger partial charge on any atom is -0.455 e. The Morgan fingerprint density at radius 3 is 2.16 bits per heavy atom. The second-order valence-electron chi connectivity index (χ2n) is 7.05. The van der Waals surface area contributed by atoms with Crippen LogP contribution in [0.4, 0.5) is 0 Å². The van der Waals surface area contributed by atoms with Crippen LogP contribution in [0.25, 0.3) is 0 Å². The van der Waals surface area contributed by atoms with E-state index >= 15 is 0 Å². The fourth-order valence-corrected chi connectivity index (χ4v) is 3.06. The van der Waals surface area contributed by atoms with Crippen molar-refractivity contribution in [1.29, 1.82) is 0 Å². The highest BCUT2D eigenvalue weighted by atomic mass is 16.5. The zero-order valence-corrected chi connectivity index (χ0v) is 17.5. The fraction of sp³-hybridized carbons (Fsp3) is 0.167. The highest BCUT2D eigenvalue weighted by molar-refractivity contribution is 6.04. The molecule has 3 rings (SSSR count). The molecule has 32 heavy (non-hydrogen) atoms. The smallest absolute Gasteiger partial charge is 0.308 e. The molecule has 8 heteroatoms. The molecule has 164 valence electrons. The van der Waals surface area contributed by atoms with Crippen molar-refractivity contribution in [2.75, 3.05) is 6.61 Å². The first-order chi connectivity index (χ1) is 15.4. The quantitative estimate of drug-likeness (QED) is 0.531. The second kappa shape index (κ2) is 10.7. The first kappa shape index (κ1) is 22.5. The van der Waals surface area contributed by atoms with Crippen molar-refractivity contribution < 1.29 is 23.9 Å². The molecule has 0 aliphatic heterocycles. The Morgan fingerprint density at radius 1 is 0.875 bits per heavy atom. The molecular weight excluding hydrogens is 410 g/mol. The number of hydrogen-bond donors (Lipinski definition) is 2. The van der Waals surface area contributed by atoms with Crippen LogP contribution >= 0.6 is 0 Å². The minimum absolute atomic E-state index is 0.179. The van der Waals surface area contributed by atoms with Crippen molar-refractivity contribution in [3.8, 4) is 0 Å². The van der Waals surface area contributed by atoms with Crippen LogP contribution in [0.1, 0.15) is 38.9 Å². The summed E-state index contributed by atoms with van der Waals surface area (Å²) in [6, 6.07) is 20.2. The number of amides is 3. The van der Waals surface area contributed by atoms with E-state index in [-0.39, 0.29) is 12.3 Å². The normalized spacial score (nSPS) is 11.3. The van der Waals surface area contributed by atoms with Gasteiger partial charge in [-0.3, -0.25) is 24.5 Å². The molecule has 1 aromatic heterocycles. The van der Waals surface area contributed by atoms with E-state index in [1.807, 2.05) is 6.07 Å². The lowest BCUT2D eigenvalue weighted by Gasteiger charge is -2.18. The molecule has 0 bridgehead atoms. The summed E-state index contributed by atoms with van der Waals surface area (Å²) in [5.41, 5.74) is 1.48. The summed E-state index contributed by atoms with van der Waals surface area (Å²) in [5.74, 6) is -2.35. The molecule has 2 N–H and O–H groups in total. The topological polar surface area (TPSA) is 106 Å². The van der Waals surface area contributed by atoms with Gasteiger partial charge in [-0.2, -0.15) is 0 Å². The largest absolute Gasteiger partial charge is 0.455 e. The van der Waals surface area contributed by atoms with Crippen LogP contribution in [-0.4, -0.2) is 34.9 Å². The average Bonchev–Trinajstić information content (AvgIpc) is 3.24. The van der Waals surface area contributed by atoms with E-state index in [0.717, 1.165) is 5.56 Å². The van der Waals surface area contributed by atoms with Crippen molar-refractivity contribution in [2.24, 2.45) is 7.05 Å². The van der Waals surface area contributed by atoms with Gasteiger partial charge in [0.15, 0.2) is 6.61 Å². The number of nitrogens with one attached hydrogen (secondary N) is 2. The van der Waals surface area contributed by atoms with E-state index in [1.54, 1.807) is 84.5 Å². The van der Waals surface area contributed by atoms with Crippen molar-refractivity contribution >= 4 is 23.7 Å². The molecule has 0 saturated carbocycles. The molecule has 0 aliphatic rings. The van der Waals surface area contributed by atoms with E-state index in [0.29, 0.717) is 11.3 Å². The van der Waals surface area contributed by atoms with Crippen LogP contribution in [0.2, 0.25) is 0 Å². The van der Waals surface area contributed by atoms with E-state index in [1.165, 1.54) is 0 Å². The molecule has 1 unspecified atom stereocenters. The molecule has 3 amide bonds. The number of ether oxygens (including phenoxy) is 1. The maximum Gasteiger partial charge on any atom is 0.308 e. The van der Waals surface area contributed by atoms with Crippen LogP contribution in [0.3, 0.4) is 0 Å². The fourth-order valence-electron chi connectivity index (χ4n) is 3.06. The Kier molecular flexibility index (Phi) is 7.53. The number of esters is 1. The van der Waals surface area contributed by atoms with Gasteiger partial charge in [-0.1, -0.05) is 48.5 Å². The number of rotatable bonds is 8. The average molecular weight is 433 g/mol. The van der Waals surface area contributed by atoms with Gasteiger partial charge in [-0.25, -0.2) is 0 Å². The molecule has 0 aliphatic carbocycles. The van der Waals surface area contributed by atoms with E-state index in [4.69, 9.17) is 4.74 Å². The van der Waals surface area contributed by atoms with Crippen LogP contribution in [0.15, 0.2) is 79.0 Å². The van der Waals surface area contributed by atoms with Gasteiger partial charge in [0.1, 0.15) is 5.69 Å². The number of carbonyl (C=O) groups excluding carboxylic acids is 4. The Balaban J connectivity index is 1.57. The molecule has 3 aromatic rings. The van der Waals surface area contributed by atoms with Gasteiger partial charge in [0.05, 0.1) is 12.5 Å². The summed E-state index contributed by atoms with van der Waals surface area (Å²) in [5, 5.41) is 5.00. The summed E-state index contributed by atoms with van der Waals surface area (Å²) in [6.07, 6.45) is 1.49. The molecule has 8 nitrogen and oxygen atoms in total. The Morgan fingerprint density at radius 2 is 1.53 bits per heavy atom. The van der Waals surface area contributed by atoms with Crippen LogP contribution < -0.4 is 10.6 Å². The predicted octanol–water partition coefficient (Wildman–Crippen LogP) is 2.39. The number of imide groups is 1. The second-order valence-corrected chi connectivity index (χ2v) is 7.05. The summed E-state index contributed by atoms with van der Waals surface area (Å²) >= 11 is 0. The highest BCUT2D eigenvalue weighted by Crippen LogP contribution is 2.18. The monoisotopic (exact) mass is 433 g/mol. The third-order valence-electron chi connectivity index (χ3n) is 4.71.